The van der Waals surface area contributed by atoms with Crippen molar-refractivity contribution >= 4 is 35.4 Å². The molecule has 6 amide bonds. The Morgan fingerprint density at radius 3 is 1.20 bits per heavy atom. The molecular weight excluding hydrogens is 713 g/mol. The minimum absolute atomic E-state index is 0.158. The van der Waals surface area contributed by atoms with Gasteiger partial charge in [-0.3, -0.25) is 28.8 Å². The lowest BCUT2D eigenvalue weighted by molar-refractivity contribution is -0.133. The molecule has 1 fully saturated rings. The fourth-order valence-electron chi connectivity index (χ4n) is 6.45. The number of fused-ring (bicyclic) bond motifs is 2. The Hall–Kier alpha value is -6.18. The number of amides is 6. The normalized spacial score (nSPS) is 25.4. The molecule has 0 bridgehead atoms. The van der Waals surface area contributed by atoms with Crippen molar-refractivity contribution in [3.63, 3.8) is 0 Å². The molecule has 0 saturated carbocycles. The number of benzene rings is 2. The number of hydrogen-bond acceptors (Lipinski definition) is 8. The Bertz CT molecular complexity index is 1770. The zero-order valence-electron chi connectivity index (χ0n) is 32.6. The van der Waals surface area contributed by atoms with Crippen LogP contribution in [0.1, 0.15) is 52.7 Å². The van der Waals surface area contributed by atoms with Crippen molar-refractivity contribution in [2.24, 2.45) is 11.8 Å². The molecule has 3 aliphatic heterocycles. The van der Waals surface area contributed by atoms with E-state index >= 15 is 0 Å². The van der Waals surface area contributed by atoms with Crippen molar-refractivity contribution < 1.29 is 28.8 Å². The summed E-state index contributed by atoms with van der Waals surface area (Å²) in [6.07, 6.45) is 10.0. The van der Waals surface area contributed by atoms with Crippen molar-refractivity contribution in [1.82, 2.24) is 41.7 Å². The summed E-state index contributed by atoms with van der Waals surface area (Å²) in [4.78, 5) is 86.4. The Morgan fingerprint density at radius 2 is 0.857 bits per heavy atom. The van der Waals surface area contributed by atoms with Crippen molar-refractivity contribution in [3.8, 4) is 0 Å². The van der Waals surface area contributed by atoms with E-state index in [0.717, 1.165) is 11.1 Å². The molecule has 3 heterocycles. The first-order valence-corrected chi connectivity index (χ1v) is 18.9. The maximum atomic E-state index is 14.0. The van der Waals surface area contributed by atoms with Gasteiger partial charge in [0.15, 0.2) is 0 Å². The molecule has 56 heavy (non-hydrogen) atoms. The van der Waals surface area contributed by atoms with Gasteiger partial charge < -0.3 is 41.7 Å². The molecule has 1 saturated heterocycles. The lowest BCUT2D eigenvalue weighted by Gasteiger charge is -2.31. The van der Waals surface area contributed by atoms with E-state index in [4.69, 9.17) is 0 Å². The van der Waals surface area contributed by atoms with E-state index in [1.54, 1.807) is 74.4 Å². The average Bonchev–Trinajstić information content (AvgIpc) is 3.16. The molecule has 0 aliphatic carbocycles. The van der Waals surface area contributed by atoms with Gasteiger partial charge in [-0.25, -0.2) is 0 Å². The van der Waals surface area contributed by atoms with Crippen molar-refractivity contribution in [1.29, 1.82) is 0 Å². The van der Waals surface area contributed by atoms with E-state index in [1.165, 1.54) is 13.8 Å². The summed E-state index contributed by atoms with van der Waals surface area (Å²) in [6.45, 7) is 11.0. The van der Waals surface area contributed by atoms with Gasteiger partial charge in [-0.15, -0.1) is 0 Å². The molecular formula is C42H52N8O6. The van der Waals surface area contributed by atoms with Crippen LogP contribution in [0.5, 0.6) is 0 Å². The predicted molar refractivity (Wildman–Crippen MR) is 211 cm³/mol. The summed E-state index contributed by atoms with van der Waals surface area (Å²) in [6, 6.07) is 13.2. The number of carbonyl (C=O) groups excluding carboxylic acids is 6. The molecule has 0 aromatic heterocycles. The first kappa shape index (κ1) is 41.0. The molecule has 6 N–H and O–H groups in total. The zero-order chi connectivity index (χ0) is 40.5. The molecule has 14 heteroatoms. The van der Waals surface area contributed by atoms with Crippen LogP contribution in [0.4, 0.5) is 0 Å². The standard InChI is InChI=1S/C42H52N8O6/c1-25(2)35-41(55)43-27(5)37(51)46-34-18-20-50(22-30-15-11-8-12-16-30)24-32(34)40(54)48-36(26(3)4)42(56)44-28(6)38(52)45-33-17-19-49(23-31(33)39(53)47-35)21-29-13-9-7-10-14-29/h7-20,23-28,33-36H,21-22H2,1-6H3,(H,43,55)(H,44,56)(H,45,52)(H,46,51)(H,47,53)(H,48,54). The van der Waals surface area contributed by atoms with Crippen LogP contribution in [0.3, 0.4) is 0 Å². The highest BCUT2D eigenvalue weighted by molar-refractivity contribution is 6.02. The molecule has 6 atom stereocenters. The summed E-state index contributed by atoms with van der Waals surface area (Å²) < 4.78 is 0. The van der Waals surface area contributed by atoms with Gasteiger partial charge in [0.25, 0.3) is 11.8 Å². The minimum atomic E-state index is -1.06. The van der Waals surface area contributed by atoms with Gasteiger partial charge in [0.2, 0.25) is 23.6 Å². The Labute approximate surface area is 327 Å². The fourth-order valence-corrected chi connectivity index (χ4v) is 6.45. The highest BCUT2D eigenvalue weighted by Crippen LogP contribution is 2.20. The van der Waals surface area contributed by atoms with Gasteiger partial charge in [-0.05, 0) is 49.0 Å². The molecule has 6 unspecified atom stereocenters. The number of nitrogens with one attached hydrogen (secondary N) is 6. The largest absolute Gasteiger partial charge is 0.350 e. The van der Waals surface area contributed by atoms with Crippen molar-refractivity contribution in [2.45, 2.75) is 90.9 Å². The first-order chi connectivity index (χ1) is 26.7. The second-order valence-corrected chi connectivity index (χ2v) is 15.0. The summed E-state index contributed by atoms with van der Waals surface area (Å²) >= 11 is 0. The predicted octanol–water partition coefficient (Wildman–Crippen LogP) is 2.09. The molecule has 3 aliphatic rings. The Morgan fingerprint density at radius 1 is 0.500 bits per heavy atom. The topological polar surface area (TPSA) is 181 Å². The van der Waals surface area contributed by atoms with Crippen molar-refractivity contribution in [3.05, 3.63) is 120 Å². The summed E-state index contributed by atoms with van der Waals surface area (Å²) in [7, 11) is 0. The molecule has 2 aromatic rings. The van der Waals surface area contributed by atoms with E-state index in [2.05, 4.69) is 31.9 Å². The van der Waals surface area contributed by atoms with Crippen LogP contribution in [0.2, 0.25) is 0 Å². The number of carbonyl (C=O) groups is 6. The number of rotatable bonds is 6. The lowest BCUT2D eigenvalue weighted by Crippen LogP contribution is -2.58. The van der Waals surface area contributed by atoms with Crippen molar-refractivity contribution in [2.75, 3.05) is 0 Å². The lowest BCUT2D eigenvalue weighted by atomic mass is 9.98. The van der Waals surface area contributed by atoms with Crippen LogP contribution in [0, 0.1) is 11.8 Å². The number of nitrogens with zero attached hydrogens (tertiary/aromatic N) is 2. The third-order valence-electron chi connectivity index (χ3n) is 9.73. The fraction of sp³-hybridized carbons (Fsp3) is 0.381. The van der Waals surface area contributed by atoms with E-state index in [1.807, 2.05) is 60.7 Å². The highest BCUT2D eigenvalue weighted by Gasteiger charge is 2.35. The van der Waals surface area contributed by atoms with Crippen LogP contribution in [-0.4, -0.2) is 81.5 Å². The zero-order valence-corrected chi connectivity index (χ0v) is 32.6. The molecule has 0 spiro atoms. The number of hydrogen-bond donors (Lipinski definition) is 6. The molecule has 14 nitrogen and oxygen atoms in total. The van der Waals surface area contributed by atoms with Crippen LogP contribution in [0.15, 0.2) is 109 Å². The van der Waals surface area contributed by atoms with Crippen LogP contribution < -0.4 is 31.9 Å². The molecule has 2 aromatic carbocycles. The van der Waals surface area contributed by atoms with Gasteiger partial charge in [0, 0.05) is 37.9 Å². The van der Waals surface area contributed by atoms with E-state index in [0.29, 0.717) is 13.1 Å². The summed E-state index contributed by atoms with van der Waals surface area (Å²) in [5.74, 6) is -4.29. The maximum Gasteiger partial charge on any atom is 0.251 e. The Kier molecular flexibility index (Phi) is 13.5. The smallest absolute Gasteiger partial charge is 0.251 e. The van der Waals surface area contributed by atoms with Crippen LogP contribution >= 0.6 is 0 Å². The van der Waals surface area contributed by atoms with Crippen LogP contribution in [0.25, 0.3) is 0 Å². The highest BCUT2D eigenvalue weighted by atomic mass is 16.2. The van der Waals surface area contributed by atoms with Gasteiger partial charge >= 0.3 is 0 Å². The Balaban J connectivity index is 1.46. The summed E-state index contributed by atoms with van der Waals surface area (Å²) in [5, 5.41) is 16.8. The molecule has 5 rings (SSSR count). The third kappa shape index (κ3) is 10.5. The molecule has 296 valence electrons. The van der Waals surface area contributed by atoms with Gasteiger partial charge in [-0.2, -0.15) is 0 Å². The second kappa shape index (κ2) is 18.4. The first-order valence-electron chi connectivity index (χ1n) is 18.9. The SMILES string of the molecule is CC1NC(=O)C(C(C)C)NC(=O)C2=CN(Cc3ccccc3)C=CC2NC(=O)C(C)NC(=O)C(C(C)C)NC(=O)C2=CN(Cc3ccccc3)C=CC2NC1=O. The third-order valence-corrected chi connectivity index (χ3v) is 9.73. The van der Waals surface area contributed by atoms with E-state index in [9.17, 15) is 28.8 Å². The minimum Gasteiger partial charge on any atom is -0.350 e. The monoisotopic (exact) mass is 764 g/mol. The second-order valence-electron chi connectivity index (χ2n) is 15.0. The van der Waals surface area contributed by atoms with Gasteiger partial charge in [-0.1, -0.05) is 88.4 Å². The van der Waals surface area contributed by atoms with E-state index < -0.39 is 71.7 Å². The van der Waals surface area contributed by atoms with Gasteiger partial charge in [0.1, 0.15) is 24.2 Å². The average molecular weight is 765 g/mol. The molecule has 0 radical (unpaired) electrons. The van der Waals surface area contributed by atoms with Gasteiger partial charge in [0.05, 0.1) is 23.2 Å². The quantitative estimate of drug-likeness (QED) is 0.259. The maximum absolute atomic E-state index is 14.0. The van der Waals surface area contributed by atoms with E-state index in [-0.39, 0.29) is 23.0 Å². The van der Waals surface area contributed by atoms with Crippen LogP contribution in [-0.2, 0) is 41.9 Å². The summed E-state index contributed by atoms with van der Waals surface area (Å²) in [5.41, 5.74) is 2.28.